The van der Waals surface area contributed by atoms with Crippen LogP contribution in [0.2, 0.25) is 0 Å². The third-order valence-corrected chi connectivity index (χ3v) is 2.26. The molecule has 1 aliphatic rings. The van der Waals surface area contributed by atoms with E-state index in [9.17, 15) is 5.11 Å². The summed E-state index contributed by atoms with van der Waals surface area (Å²) in [6.45, 7) is 4.66. The Bertz CT molecular complexity index is 161. The Morgan fingerprint density at radius 3 is 3.00 bits per heavy atom. The van der Waals surface area contributed by atoms with Gasteiger partial charge in [0.2, 0.25) is 0 Å². The van der Waals surface area contributed by atoms with E-state index < -0.39 is 0 Å². The summed E-state index contributed by atoms with van der Waals surface area (Å²) in [5, 5.41) is 9.39. The van der Waals surface area contributed by atoms with Gasteiger partial charge in [-0.3, -0.25) is 4.90 Å². The van der Waals surface area contributed by atoms with Gasteiger partial charge in [-0.2, -0.15) is 0 Å². The first-order valence-electron chi connectivity index (χ1n) is 4.08. The number of aliphatic hydroxyl groups excluding tert-OH is 1. The highest BCUT2D eigenvalue weighted by atomic mass is 16.3. The molecule has 0 bridgehead atoms. The van der Waals surface area contributed by atoms with E-state index in [1.165, 1.54) is 0 Å². The maximum absolute atomic E-state index is 9.39. The first-order valence-corrected chi connectivity index (χ1v) is 4.08. The van der Waals surface area contributed by atoms with E-state index in [1.54, 1.807) is 0 Å². The minimum atomic E-state index is -0.121. The monoisotopic (exact) mass is 153 g/mol. The molecule has 1 aliphatic heterocycles. The van der Waals surface area contributed by atoms with Crippen LogP contribution in [0.5, 0.6) is 0 Å². The Balaban J connectivity index is 2.35. The summed E-state index contributed by atoms with van der Waals surface area (Å²) >= 11 is 0. The van der Waals surface area contributed by atoms with Crippen molar-refractivity contribution in [1.82, 2.24) is 4.90 Å². The Morgan fingerprint density at radius 2 is 2.45 bits per heavy atom. The molecule has 0 radical (unpaired) electrons. The van der Waals surface area contributed by atoms with Gasteiger partial charge in [-0.25, -0.2) is 0 Å². The van der Waals surface area contributed by atoms with Crippen LogP contribution in [-0.2, 0) is 0 Å². The number of rotatable bonds is 1. The number of aliphatic hydroxyl groups is 1. The molecule has 1 saturated heterocycles. The molecule has 0 amide bonds. The number of terminal acetylenes is 1. The zero-order chi connectivity index (χ0) is 8.27. The second kappa shape index (κ2) is 3.75. The maximum atomic E-state index is 9.39. The number of piperidine rings is 1. The molecule has 2 atom stereocenters. The first-order chi connectivity index (χ1) is 5.24. The van der Waals surface area contributed by atoms with Gasteiger partial charge in [0.05, 0.1) is 12.6 Å². The normalized spacial score (nSPS) is 33.2. The average Bonchev–Trinajstić information content (AvgIpc) is 1.98. The van der Waals surface area contributed by atoms with Crippen LogP contribution >= 0.6 is 0 Å². The van der Waals surface area contributed by atoms with Gasteiger partial charge in [0.1, 0.15) is 0 Å². The smallest absolute Gasteiger partial charge is 0.0599 e. The molecule has 0 saturated carbocycles. The largest absolute Gasteiger partial charge is 0.393 e. The molecule has 0 aromatic rings. The van der Waals surface area contributed by atoms with Crippen molar-refractivity contribution >= 4 is 0 Å². The van der Waals surface area contributed by atoms with E-state index in [0.29, 0.717) is 5.92 Å². The van der Waals surface area contributed by atoms with Crippen molar-refractivity contribution in [1.29, 1.82) is 0 Å². The number of hydrogen-bond acceptors (Lipinski definition) is 2. The highest BCUT2D eigenvalue weighted by Crippen LogP contribution is 2.15. The molecule has 2 heteroatoms. The Morgan fingerprint density at radius 1 is 1.73 bits per heavy atom. The second-order valence-corrected chi connectivity index (χ2v) is 3.27. The van der Waals surface area contributed by atoms with Gasteiger partial charge < -0.3 is 5.11 Å². The fourth-order valence-corrected chi connectivity index (χ4v) is 1.49. The highest BCUT2D eigenvalue weighted by molar-refractivity contribution is 4.90. The van der Waals surface area contributed by atoms with Gasteiger partial charge in [-0.1, -0.05) is 12.8 Å². The molecule has 0 spiro atoms. The van der Waals surface area contributed by atoms with E-state index in [-0.39, 0.29) is 6.10 Å². The number of hydrogen-bond donors (Lipinski definition) is 1. The summed E-state index contributed by atoms with van der Waals surface area (Å²) in [7, 11) is 0. The molecule has 1 N–H and O–H groups in total. The molecule has 0 aromatic heterocycles. The summed E-state index contributed by atoms with van der Waals surface area (Å²) in [6, 6.07) is 0. The maximum Gasteiger partial charge on any atom is 0.0599 e. The number of nitrogens with zero attached hydrogens (tertiary/aromatic N) is 1. The summed E-state index contributed by atoms with van der Waals surface area (Å²) < 4.78 is 0. The zero-order valence-electron chi connectivity index (χ0n) is 6.95. The lowest BCUT2D eigenvalue weighted by Crippen LogP contribution is -2.41. The zero-order valence-corrected chi connectivity index (χ0v) is 6.95. The first kappa shape index (κ1) is 8.58. The van der Waals surface area contributed by atoms with Crippen molar-refractivity contribution in [3.8, 4) is 12.3 Å². The van der Waals surface area contributed by atoms with Crippen LogP contribution in [0.3, 0.4) is 0 Å². The molecule has 0 aliphatic carbocycles. The van der Waals surface area contributed by atoms with Crippen LogP contribution in [0, 0.1) is 18.3 Å². The molecule has 62 valence electrons. The topological polar surface area (TPSA) is 23.5 Å². The van der Waals surface area contributed by atoms with Gasteiger partial charge in [0.15, 0.2) is 0 Å². The lowest BCUT2D eigenvalue weighted by Gasteiger charge is -2.32. The summed E-state index contributed by atoms with van der Waals surface area (Å²) in [4.78, 5) is 2.21. The fraction of sp³-hybridized carbons (Fsp3) is 0.778. The molecular weight excluding hydrogens is 138 g/mol. The van der Waals surface area contributed by atoms with Crippen molar-refractivity contribution < 1.29 is 5.11 Å². The standard InChI is InChI=1S/C9H15NO/c1-3-5-10-6-4-9(11)8(2)7-10/h1,8-9,11H,4-7H2,2H3. The van der Waals surface area contributed by atoms with Crippen LogP contribution in [0.4, 0.5) is 0 Å². The quantitative estimate of drug-likeness (QED) is 0.548. The van der Waals surface area contributed by atoms with E-state index in [4.69, 9.17) is 6.42 Å². The predicted molar refractivity (Wildman–Crippen MR) is 45.1 cm³/mol. The fourth-order valence-electron chi connectivity index (χ4n) is 1.49. The summed E-state index contributed by atoms with van der Waals surface area (Å²) in [5.74, 6) is 2.99. The van der Waals surface area contributed by atoms with Crippen LogP contribution in [0.1, 0.15) is 13.3 Å². The van der Waals surface area contributed by atoms with Crippen LogP contribution < -0.4 is 0 Å². The molecule has 0 aromatic carbocycles. The number of likely N-dealkylation sites (tertiary alicyclic amines) is 1. The minimum absolute atomic E-state index is 0.121. The molecule has 11 heavy (non-hydrogen) atoms. The Kier molecular flexibility index (Phi) is 2.92. The van der Waals surface area contributed by atoms with Gasteiger partial charge >= 0.3 is 0 Å². The lowest BCUT2D eigenvalue weighted by molar-refractivity contribution is 0.0404. The molecule has 1 heterocycles. The minimum Gasteiger partial charge on any atom is -0.393 e. The van der Waals surface area contributed by atoms with Crippen LogP contribution in [0.25, 0.3) is 0 Å². The highest BCUT2D eigenvalue weighted by Gasteiger charge is 2.22. The van der Waals surface area contributed by atoms with Crippen molar-refractivity contribution in [2.75, 3.05) is 19.6 Å². The average molecular weight is 153 g/mol. The van der Waals surface area contributed by atoms with Gasteiger partial charge in [-0.15, -0.1) is 6.42 Å². The van der Waals surface area contributed by atoms with E-state index in [1.807, 2.05) is 0 Å². The molecule has 2 unspecified atom stereocenters. The molecular formula is C9H15NO. The van der Waals surface area contributed by atoms with E-state index >= 15 is 0 Å². The van der Waals surface area contributed by atoms with Crippen molar-refractivity contribution in [2.24, 2.45) is 5.92 Å². The summed E-state index contributed by atoms with van der Waals surface area (Å²) in [5.41, 5.74) is 0. The summed E-state index contributed by atoms with van der Waals surface area (Å²) in [6.07, 6.45) is 5.93. The lowest BCUT2D eigenvalue weighted by atomic mass is 9.97. The van der Waals surface area contributed by atoms with Gasteiger partial charge in [-0.05, 0) is 12.3 Å². The van der Waals surface area contributed by atoms with Gasteiger partial charge in [0.25, 0.3) is 0 Å². The van der Waals surface area contributed by atoms with Crippen LogP contribution in [-0.4, -0.2) is 35.7 Å². The molecule has 1 rings (SSSR count). The van der Waals surface area contributed by atoms with Crippen LogP contribution in [0.15, 0.2) is 0 Å². The Labute approximate surface area is 68.2 Å². The van der Waals surface area contributed by atoms with Crippen molar-refractivity contribution in [2.45, 2.75) is 19.4 Å². The van der Waals surface area contributed by atoms with Crippen molar-refractivity contribution in [3.05, 3.63) is 0 Å². The predicted octanol–water partition coefficient (Wildman–Crippen LogP) is 0.322. The SMILES string of the molecule is C#CCN1CCC(O)C(C)C1. The second-order valence-electron chi connectivity index (χ2n) is 3.27. The van der Waals surface area contributed by atoms with Gasteiger partial charge in [0, 0.05) is 13.1 Å². The van der Waals surface area contributed by atoms with E-state index in [0.717, 1.165) is 26.1 Å². The Hall–Kier alpha value is -0.520. The third-order valence-electron chi connectivity index (χ3n) is 2.26. The molecule has 1 fully saturated rings. The van der Waals surface area contributed by atoms with E-state index in [2.05, 4.69) is 17.7 Å². The third kappa shape index (κ3) is 2.21. The van der Waals surface area contributed by atoms with Crippen molar-refractivity contribution in [3.63, 3.8) is 0 Å². The molecule has 2 nitrogen and oxygen atoms in total.